The molecule has 134 valence electrons. The van der Waals surface area contributed by atoms with Gasteiger partial charge < -0.3 is 15.0 Å². The molecule has 25 heavy (non-hydrogen) atoms. The Hall–Kier alpha value is -2.41. The summed E-state index contributed by atoms with van der Waals surface area (Å²) in [5.74, 6) is -0.451. The van der Waals surface area contributed by atoms with Crippen molar-refractivity contribution in [2.45, 2.75) is 26.3 Å². The molecular formula is C18H24N4O3. The molecule has 2 aromatic rings. The summed E-state index contributed by atoms with van der Waals surface area (Å²) in [6.07, 6.45) is 2.24. The molecule has 0 radical (unpaired) electrons. The summed E-state index contributed by atoms with van der Waals surface area (Å²) in [6.45, 7) is 5.59. The van der Waals surface area contributed by atoms with Gasteiger partial charge in [-0.05, 0) is 32.0 Å². The maximum atomic E-state index is 12.5. The molecule has 2 heterocycles. The lowest BCUT2D eigenvalue weighted by molar-refractivity contribution is -0.128. The number of nitrogens with zero attached hydrogens (tertiary/aromatic N) is 3. The summed E-state index contributed by atoms with van der Waals surface area (Å²) in [6, 6.07) is 5.96. The molecule has 0 bridgehead atoms. The smallest absolute Gasteiger partial charge is 0.229 e. The van der Waals surface area contributed by atoms with Crippen molar-refractivity contribution in [1.82, 2.24) is 14.7 Å². The van der Waals surface area contributed by atoms with Crippen molar-refractivity contribution in [3.63, 3.8) is 0 Å². The molecule has 3 rings (SSSR count). The van der Waals surface area contributed by atoms with Crippen LogP contribution < -0.4 is 5.32 Å². The topological polar surface area (TPSA) is 76.5 Å². The summed E-state index contributed by atoms with van der Waals surface area (Å²) >= 11 is 0. The van der Waals surface area contributed by atoms with Crippen LogP contribution in [0.4, 0.5) is 5.69 Å². The van der Waals surface area contributed by atoms with Crippen LogP contribution in [0.25, 0.3) is 10.9 Å². The van der Waals surface area contributed by atoms with Crippen LogP contribution in [0.2, 0.25) is 0 Å². The van der Waals surface area contributed by atoms with Crippen LogP contribution in [-0.2, 0) is 14.3 Å². The number of aromatic nitrogens is 2. The number of amides is 2. The molecule has 7 nitrogen and oxygen atoms in total. The van der Waals surface area contributed by atoms with Gasteiger partial charge in [-0.15, -0.1) is 0 Å². The summed E-state index contributed by atoms with van der Waals surface area (Å²) in [7, 11) is 1.60. The number of methoxy groups -OCH3 is 1. The third kappa shape index (κ3) is 3.82. The van der Waals surface area contributed by atoms with Crippen molar-refractivity contribution in [3.8, 4) is 0 Å². The second-order valence-electron chi connectivity index (χ2n) is 6.70. The lowest BCUT2D eigenvalue weighted by atomic mass is 10.1. The number of hydrogen-bond donors (Lipinski definition) is 1. The minimum atomic E-state index is -0.326. The number of carbonyl (C=O) groups excluding carboxylic acids is 2. The quantitative estimate of drug-likeness (QED) is 0.870. The van der Waals surface area contributed by atoms with E-state index < -0.39 is 0 Å². The maximum absolute atomic E-state index is 12.5. The zero-order valence-electron chi connectivity index (χ0n) is 14.9. The van der Waals surface area contributed by atoms with Crippen LogP contribution in [0.1, 0.15) is 26.3 Å². The molecule has 1 atom stereocenters. The third-order valence-corrected chi connectivity index (χ3v) is 4.47. The summed E-state index contributed by atoms with van der Waals surface area (Å²) in [5, 5.41) is 8.47. The van der Waals surface area contributed by atoms with Crippen LogP contribution in [0.3, 0.4) is 0 Å². The highest BCUT2D eigenvalue weighted by atomic mass is 16.5. The fraction of sp³-hybridized carbons (Fsp3) is 0.500. The highest BCUT2D eigenvalue weighted by molar-refractivity contribution is 5.98. The average Bonchev–Trinajstić information content (AvgIpc) is 3.16. The Bertz CT molecular complexity index is 784. The second kappa shape index (κ2) is 7.23. The SMILES string of the molecule is COCCN1C[C@@H](C(=O)Nc2ccc3cn(C(C)C)nc3c2)CC1=O. The number of fused-ring (bicyclic) bond motifs is 1. The number of likely N-dealkylation sites (tertiary alicyclic amines) is 1. The lowest BCUT2D eigenvalue weighted by Gasteiger charge is -2.15. The van der Waals surface area contributed by atoms with E-state index in [1.807, 2.05) is 29.1 Å². The van der Waals surface area contributed by atoms with Gasteiger partial charge in [-0.25, -0.2) is 0 Å². The fourth-order valence-corrected chi connectivity index (χ4v) is 2.99. The van der Waals surface area contributed by atoms with Gasteiger partial charge in [-0.3, -0.25) is 14.3 Å². The predicted molar refractivity (Wildman–Crippen MR) is 95.3 cm³/mol. The van der Waals surface area contributed by atoms with E-state index in [1.165, 1.54) is 0 Å². The zero-order chi connectivity index (χ0) is 18.0. The second-order valence-corrected chi connectivity index (χ2v) is 6.70. The van der Waals surface area contributed by atoms with Crippen LogP contribution in [-0.4, -0.2) is 53.3 Å². The first kappa shape index (κ1) is 17.4. The minimum absolute atomic E-state index is 0.00308. The van der Waals surface area contributed by atoms with Gasteiger partial charge in [-0.1, -0.05) is 0 Å². The average molecular weight is 344 g/mol. The Balaban J connectivity index is 1.66. The van der Waals surface area contributed by atoms with E-state index in [0.29, 0.717) is 25.4 Å². The summed E-state index contributed by atoms with van der Waals surface area (Å²) < 4.78 is 6.90. The number of anilines is 1. The molecule has 1 fully saturated rings. The van der Waals surface area contributed by atoms with E-state index in [1.54, 1.807) is 12.0 Å². The van der Waals surface area contributed by atoms with Gasteiger partial charge in [-0.2, -0.15) is 5.10 Å². The highest BCUT2D eigenvalue weighted by Gasteiger charge is 2.34. The Kier molecular flexibility index (Phi) is 5.03. The summed E-state index contributed by atoms with van der Waals surface area (Å²) in [4.78, 5) is 26.1. The molecule has 1 aromatic heterocycles. The summed E-state index contributed by atoms with van der Waals surface area (Å²) in [5.41, 5.74) is 1.55. The molecular weight excluding hydrogens is 320 g/mol. The molecule has 7 heteroatoms. The molecule has 1 saturated heterocycles. The van der Waals surface area contributed by atoms with Crippen molar-refractivity contribution in [1.29, 1.82) is 0 Å². The first-order chi connectivity index (χ1) is 12.0. The molecule has 0 saturated carbocycles. The Labute approximate surface area is 146 Å². The van der Waals surface area contributed by atoms with Crippen molar-refractivity contribution in [3.05, 3.63) is 24.4 Å². The van der Waals surface area contributed by atoms with Crippen molar-refractivity contribution < 1.29 is 14.3 Å². The van der Waals surface area contributed by atoms with Crippen molar-refractivity contribution in [2.24, 2.45) is 5.92 Å². The highest BCUT2D eigenvalue weighted by Crippen LogP contribution is 2.22. The molecule has 1 aromatic carbocycles. The Morgan fingerprint density at radius 3 is 2.96 bits per heavy atom. The normalized spacial score (nSPS) is 17.7. The molecule has 0 spiro atoms. The van der Waals surface area contributed by atoms with Crippen LogP contribution in [0.5, 0.6) is 0 Å². The number of ether oxygens (including phenoxy) is 1. The molecule has 0 aliphatic carbocycles. The van der Waals surface area contributed by atoms with Gasteiger partial charge in [0.25, 0.3) is 0 Å². The predicted octanol–water partition coefficient (Wildman–Crippen LogP) is 2.05. The number of rotatable bonds is 6. The molecule has 0 unspecified atom stereocenters. The van der Waals surface area contributed by atoms with E-state index in [-0.39, 0.29) is 30.2 Å². The van der Waals surface area contributed by atoms with Gasteiger partial charge >= 0.3 is 0 Å². The number of hydrogen-bond acceptors (Lipinski definition) is 4. The number of nitrogens with one attached hydrogen (secondary N) is 1. The fourth-order valence-electron chi connectivity index (χ4n) is 2.99. The molecule has 1 aliphatic rings. The van der Waals surface area contributed by atoms with E-state index >= 15 is 0 Å². The molecule has 2 amide bonds. The van der Waals surface area contributed by atoms with Gasteiger partial charge in [0.05, 0.1) is 18.0 Å². The van der Waals surface area contributed by atoms with Crippen LogP contribution in [0, 0.1) is 5.92 Å². The van der Waals surface area contributed by atoms with Crippen LogP contribution >= 0.6 is 0 Å². The van der Waals surface area contributed by atoms with Crippen molar-refractivity contribution in [2.75, 3.05) is 32.1 Å². The van der Waals surface area contributed by atoms with Gasteiger partial charge in [0.2, 0.25) is 11.8 Å². The van der Waals surface area contributed by atoms with Gasteiger partial charge in [0, 0.05) is 49.9 Å². The minimum Gasteiger partial charge on any atom is -0.383 e. The number of benzene rings is 1. The zero-order valence-corrected chi connectivity index (χ0v) is 14.9. The lowest BCUT2D eigenvalue weighted by Crippen LogP contribution is -2.30. The van der Waals surface area contributed by atoms with E-state index in [0.717, 1.165) is 10.9 Å². The Morgan fingerprint density at radius 2 is 2.24 bits per heavy atom. The number of carbonyl (C=O) groups is 2. The molecule has 1 aliphatic heterocycles. The van der Waals surface area contributed by atoms with E-state index in [4.69, 9.17) is 4.74 Å². The van der Waals surface area contributed by atoms with Crippen LogP contribution in [0.15, 0.2) is 24.4 Å². The van der Waals surface area contributed by atoms with Crippen molar-refractivity contribution >= 4 is 28.4 Å². The largest absolute Gasteiger partial charge is 0.383 e. The maximum Gasteiger partial charge on any atom is 0.229 e. The standard InChI is InChI=1S/C18H24N4O3/c1-12(2)22-11-13-4-5-15(9-16(13)20-22)19-18(24)14-8-17(23)21(10-14)6-7-25-3/h4-5,9,11-12,14H,6-8,10H2,1-3H3,(H,19,24)/t14-/m0/s1. The third-order valence-electron chi connectivity index (χ3n) is 4.47. The van der Waals surface area contributed by atoms with Gasteiger partial charge in [0.15, 0.2) is 0 Å². The first-order valence-corrected chi connectivity index (χ1v) is 8.54. The first-order valence-electron chi connectivity index (χ1n) is 8.54. The van der Waals surface area contributed by atoms with E-state index in [9.17, 15) is 9.59 Å². The van der Waals surface area contributed by atoms with Gasteiger partial charge in [0.1, 0.15) is 0 Å². The Morgan fingerprint density at radius 1 is 1.44 bits per heavy atom. The van der Waals surface area contributed by atoms with E-state index in [2.05, 4.69) is 24.3 Å². The molecule has 1 N–H and O–H groups in total. The monoisotopic (exact) mass is 344 g/mol.